The fourth-order valence-corrected chi connectivity index (χ4v) is 2.01. The van der Waals surface area contributed by atoms with Crippen LogP contribution in [0.1, 0.15) is 30.9 Å². The van der Waals surface area contributed by atoms with Gasteiger partial charge in [0.2, 0.25) is 0 Å². The number of hydrogen-bond acceptors (Lipinski definition) is 2. The molecule has 0 saturated heterocycles. The van der Waals surface area contributed by atoms with Gasteiger partial charge in [-0.25, -0.2) is 0 Å². The number of nitrogens with one attached hydrogen (secondary N) is 1. The molecule has 1 unspecified atom stereocenters. The minimum absolute atomic E-state index is 0.716. The van der Waals surface area contributed by atoms with E-state index in [2.05, 4.69) is 18.3 Å². The molecule has 1 N–H and O–H groups in total. The van der Waals surface area contributed by atoms with Gasteiger partial charge in [0.1, 0.15) is 6.07 Å². The molecule has 1 aromatic carbocycles. The van der Waals surface area contributed by atoms with Crippen molar-refractivity contribution < 1.29 is 0 Å². The summed E-state index contributed by atoms with van der Waals surface area (Å²) in [5.41, 5.74) is 2.86. The first-order valence-electron chi connectivity index (χ1n) is 5.95. The average Bonchev–Trinajstić information content (AvgIpc) is 3.10. The minimum atomic E-state index is 0.716. The van der Waals surface area contributed by atoms with Crippen LogP contribution in [0.5, 0.6) is 0 Å². The largest absolute Gasteiger partial charge is 0.384 e. The van der Waals surface area contributed by atoms with E-state index in [9.17, 15) is 0 Å². The van der Waals surface area contributed by atoms with E-state index in [1.165, 1.54) is 12.8 Å². The van der Waals surface area contributed by atoms with Crippen LogP contribution in [-0.2, 0) is 0 Å². The maximum atomic E-state index is 9.04. The fraction of sp³-hybridized carbons (Fsp3) is 0.500. The van der Waals surface area contributed by atoms with Crippen LogP contribution in [0.4, 0.5) is 5.69 Å². The van der Waals surface area contributed by atoms with Gasteiger partial charge >= 0.3 is 0 Å². The second-order valence-electron chi connectivity index (χ2n) is 4.86. The molecule has 1 fully saturated rings. The van der Waals surface area contributed by atoms with Crippen LogP contribution in [0.15, 0.2) is 18.2 Å². The maximum absolute atomic E-state index is 9.04. The number of nitrogens with zero attached hydrogens (tertiary/aromatic N) is 1. The molecule has 0 bridgehead atoms. The molecule has 2 nitrogen and oxygen atoms in total. The summed E-state index contributed by atoms with van der Waals surface area (Å²) in [6.45, 7) is 5.27. The van der Waals surface area contributed by atoms with Gasteiger partial charge in [-0.15, -0.1) is 0 Å². The van der Waals surface area contributed by atoms with Gasteiger partial charge in [-0.3, -0.25) is 0 Å². The fourth-order valence-electron chi connectivity index (χ4n) is 2.01. The molecule has 0 spiro atoms. The monoisotopic (exact) mass is 214 g/mol. The normalized spacial score (nSPS) is 16.6. The zero-order valence-electron chi connectivity index (χ0n) is 9.96. The summed E-state index contributed by atoms with van der Waals surface area (Å²) in [7, 11) is 0. The van der Waals surface area contributed by atoms with Crippen molar-refractivity contribution in [1.29, 1.82) is 5.26 Å². The smallest absolute Gasteiger partial charge is 0.101 e. The van der Waals surface area contributed by atoms with Crippen molar-refractivity contribution in [1.82, 2.24) is 0 Å². The number of aryl methyl sites for hydroxylation is 1. The Bertz CT molecular complexity index is 413. The zero-order chi connectivity index (χ0) is 11.5. The van der Waals surface area contributed by atoms with Crippen molar-refractivity contribution in [2.45, 2.75) is 26.7 Å². The Morgan fingerprint density at radius 3 is 2.88 bits per heavy atom. The first kappa shape index (κ1) is 11.0. The molecule has 0 radical (unpaired) electrons. The van der Waals surface area contributed by atoms with Gasteiger partial charge in [0.15, 0.2) is 0 Å². The molecule has 0 aromatic heterocycles. The molecule has 0 heterocycles. The molecule has 2 heteroatoms. The summed E-state index contributed by atoms with van der Waals surface area (Å²) in [4.78, 5) is 0. The Hall–Kier alpha value is -1.49. The SMILES string of the molecule is Cc1ccc(NCC(C)C2CC2)c(C#N)c1. The van der Waals surface area contributed by atoms with Gasteiger partial charge in [-0.1, -0.05) is 13.0 Å². The van der Waals surface area contributed by atoms with Gasteiger partial charge in [0.05, 0.1) is 11.3 Å². The van der Waals surface area contributed by atoms with Crippen molar-refractivity contribution in [2.75, 3.05) is 11.9 Å². The van der Waals surface area contributed by atoms with E-state index < -0.39 is 0 Å². The summed E-state index contributed by atoms with van der Waals surface area (Å²) in [6.07, 6.45) is 2.75. The van der Waals surface area contributed by atoms with E-state index in [1.807, 2.05) is 25.1 Å². The Morgan fingerprint density at radius 1 is 1.50 bits per heavy atom. The standard InChI is InChI=1S/C14H18N2/c1-10-3-6-14(13(7-10)8-15)16-9-11(2)12-4-5-12/h3,6-7,11-12,16H,4-5,9H2,1-2H3. The number of nitriles is 1. The Labute approximate surface area is 97.3 Å². The van der Waals surface area contributed by atoms with Crippen LogP contribution in [0.25, 0.3) is 0 Å². The van der Waals surface area contributed by atoms with Crippen molar-refractivity contribution in [3.05, 3.63) is 29.3 Å². The van der Waals surface area contributed by atoms with Crippen molar-refractivity contribution in [2.24, 2.45) is 11.8 Å². The van der Waals surface area contributed by atoms with Gasteiger partial charge in [-0.2, -0.15) is 5.26 Å². The van der Waals surface area contributed by atoms with E-state index in [0.29, 0.717) is 5.92 Å². The minimum Gasteiger partial charge on any atom is -0.384 e. The second kappa shape index (κ2) is 4.57. The van der Waals surface area contributed by atoms with Crippen molar-refractivity contribution in [3.8, 4) is 6.07 Å². The van der Waals surface area contributed by atoms with E-state index in [-0.39, 0.29) is 0 Å². The molecule has 1 aromatic rings. The van der Waals surface area contributed by atoms with Gasteiger partial charge in [0.25, 0.3) is 0 Å². The van der Waals surface area contributed by atoms with E-state index in [0.717, 1.165) is 29.3 Å². The number of rotatable bonds is 4. The van der Waals surface area contributed by atoms with Crippen molar-refractivity contribution in [3.63, 3.8) is 0 Å². The lowest BCUT2D eigenvalue weighted by atomic mass is 10.1. The maximum Gasteiger partial charge on any atom is 0.101 e. The molecular weight excluding hydrogens is 196 g/mol. The van der Waals surface area contributed by atoms with Crippen LogP contribution in [0.2, 0.25) is 0 Å². The van der Waals surface area contributed by atoms with E-state index >= 15 is 0 Å². The highest BCUT2D eigenvalue weighted by Crippen LogP contribution is 2.36. The Balaban J connectivity index is 2.00. The van der Waals surface area contributed by atoms with Gasteiger partial charge in [0, 0.05) is 6.54 Å². The second-order valence-corrected chi connectivity index (χ2v) is 4.86. The molecule has 84 valence electrons. The highest BCUT2D eigenvalue weighted by atomic mass is 14.9. The summed E-state index contributed by atoms with van der Waals surface area (Å²) in [5, 5.41) is 12.4. The summed E-state index contributed by atoms with van der Waals surface area (Å²) < 4.78 is 0. The highest BCUT2D eigenvalue weighted by Gasteiger charge is 2.27. The van der Waals surface area contributed by atoms with Crippen LogP contribution in [0.3, 0.4) is 0 Å². The molecule has 1 aliphatic carbocycles. The zero-order valence-corrected chi connectivity index (χ0v) is 9.96. The molecule has 0 amide bonds. The Kier molecular flexibility index (Phi) is 3.14. The first-order chi connectivity index (χ1) is 7.70. The third kappa shape index (κ3) is 2.55. The highest BCUT2D eigenvalue weighted by molar-refractivity contribution is 5.58. The van der Waals surface area contributed by atoms with Crippen LogP contribution < -0.4 is 5.32 Å². The van der Waals surface area contributed by atoms with E-state index in [1.54, 1.807) is 0 Å². The lowest BCUT2D eigenvalue weighted by molar-refractivity contribution is 0.536. The predicted octanol–water partition coefficient (Wildman–Crippen LogP) is 3.32. The number of hydrogen-bond donors (Lipinski definition) is 1. The van der Waals surface area contributed by atoms with Crippen LogP contribution >= 0.6 is 0 Å². The Morgan fingerprint density at radius 2 is 2.25 bits per heavy atom. The first-order valence-corrected chi connectivity index (χ1v) is 5.95. The molecule has 1 saturated carbocycles. The molecule has 1 aliphatic rings. The number of anilines is 1. The number of benzene rings is 1. The summed E-state index contributed by atoms with van der Waals surface area (Å²) in [5.74, 6) is 1.62. The molecule has 16 heavy (non-hydrogen) atoms. The van der Waals surface area contributed by atoms with Crippen LogP contribution in [0, 0.1) is 30.1 Å². The lowest BCUT2D eigenvalue weighted by Crippen LogP contribution is -2.13. The summed E-state index contributed by atoms with van der Waals surface area (Å²) >= 11 is 0. The lowest BCUT2D eigenvalue weighted by Gasteiger charge is -2.13. The molecule has 0 aliphatic heterocycles. The van der Waals surface area contributed by atoms with Gasteiger partial charge < -0.3 is 5.32 Å². The molecule has 2 rings (SSSR count). The van der Waals surface area contributed by atoms with Crippen molar-refractivity contribution >= 4 is 5.69 Å². The predicted molar refractivity (Wildman–Crippen MR) is 66.3 cm³/mol. The topological polar surface area (TPSA) is 35.8 Å². The third-order valence-corrected chi connectivity index (χ3v) is 3.34. The summed E-state index contributed by atoms with van der Waals surface area (Å²) in [6, 6.07) is 8.23. The third-order valence-electron chi connectivity index (χ3n) is 3.34. The average molecular weight is 214 g/mol. The van der Waals surface area contributed by atoms with Gasteiger partial charge in [-0.05, 0) is 49.3 Å². The molecule has 1 atom stereocenters. The van der Waals surface area contributed by atoms with Crippen LogP contribution in [-0.4, -0.2) is 6.54 Å². The van der Waals surface area contributed by atoms with E-state index in [4.69, 9.17) is 5.26 Å². The molecular formula is C14H18N2. The quantitative estimate of drug-likeness (QED) is 0.834.